The molecule has 0 aromatic rings. The minimum Gasteiger partial charge on any atom is -0.367 e. The highest BCUT2D eigenvalue weighted by Gasteiger charge is 2.36. The Morgan fingerprint density at radius 3 is 2.62 bits per heavy atom. The quantitative estimate of drug-likeness (QED) is 0.626. The van der Waals surface area contributed by atoms with Crippen molar-refractivity contribution in [3.8, 4) is 0 Å². The number of carbonyl (C=O) groups is 1. The second kappa shape index (κ2) is 3.66. The lowest BCUT2D eigenvalue weighted by Gasteiger charge is -2.44. The molecular weight excluding hydrogens is 166 g/mol. The summed E-state index contributed by atoms with van der Waals surface area (Å²) >= 11 is 0. The topological polar surface area (TPSA) is 29.5 Å². The van der Waals surface area contributed by atoms with Crippen molar-refractivity contribution in [3.05, 3.63) is 0 Å². The maximum Gasteiger partial charge on any atom is 0.322 e. The number of hydroxylamine groups is 2. The summed E-state index contributed by atoms with van der Waals surface area (Å²) in [6.45, 7) is 7.79. The molecule has 0 saturated carbocycles. The van der Waals surface area contributed by atoms with E-state index in [9.17, 15) is 4.79 Å². The van der Waals surface area contributed by atoms with E-state index in [1.165, 1.54) is 13.3 Å². The van der Waals surface area contributed by atoms with Gasteiger partial charge in [0.1, 0.15) is 0 Å². The van der Waals surface area contributed by atoms with Gasteiger partial charge in [0.25, 0.3) is 0 Å². The molecule has 76 valence electrons. The van der Waals surface area contributed by atoms with Crippen LogP contribution in [-0.2, 0) is 9.63 Å². The fourth-order valence-corrected chi connectivity index (χ4v) is 2.01. The van der Waals surface area contributed by atoms with Crippen molar-refractivity contribution in [1.82, 2.24) is 5.06 Å². The summed E-state index contributed by atoms with van der Waals surface area (Å²) in [7, 11) is 0. The van der Waals surface area contributed by atoms with Crippen LogP contribution in [0.4, 0.5) is 0 Å². The molecule has 1 atom stereocenters. The van der Waals surface area contributed by atoms with E-state index in [0.717, 1.165) is 12.8 Å². The van der Waals surface area contributed by atoms with Crippen molar-refractivity contribution in [1.29, 1.82) is 0 Å². The van der Waals surface area contributed by atoms with Crippen molar-refractivity contribution in [2.24, 2.45) is 0 Å². The zero-order chi connectivity index (χ0) is 10.1. The molecule has 3 heteroatoms. The Labute approximate surface area is 80.0 Å². The van der Waals surface area contributed by atoms with E-state index in [0.29, 0.717) is 6.04 Å². The third kappa shape index (κ3) is 2.44. The van der Waals surface area contributed by atoms with E-state index < -0.39 is 0 Å². The summed E-state index contributed by atoms with van der Waals surface area (Å²) in [5.74, 6) is -0.221. The third-order valence-corrected chi connectivity index (χ3v) is 2.63. The van der Waals surface area contributed by atoms with Gasteiger partial charge in [-0.15, -0.1) is 5.06 Å². The lowest BCUT2D eigenvalue weighted by molar-refractivity contribution is -0.239. The number of rotatable bonds is 1. The molecule has 0 aromatic carbocycles. The molecular formula is C10H19NO2. The van der Waals surface area contributed by atoms with E-state index in [-0.39, 0.29) is 11.5 Å². The smallest absolute Gasteiger partial charge is 0.322 e. The number of nitrogens with zero attached hydrogens (tertiary/aromatic N) is 1. The van der Waals surface area contributed by atoms with Crippen LogP contribution in [0.1, 0.15) is 47.0 Å². The maximum absolute atomic E-state index is 10.9. The largest absolute Gasteiger partial charge is 0.367 e. The van der Waals surface area contributed by atoms with Gasteiger partial charge in [-0.05, 0) is 40.0 Å². The Hall–Kier alpha value is -0.570. The summed E-state index contributed by atoms with van der Waals surface area (Å²) in [5.41, 5.74) is -0.0106. The molecule has 0 amide bonds. The van der Waals surface area contributed by atoms with Crippen molar-refractivity contribution in [2.45, 2.75) is 58.5 Å². The van der Waals surface area contributed by atoms with Crippen molar-refractivity contribution < 1.29 is 9.63 Å². The Kier molecular flexibility index (Phi) is 2.96. The van der Waals surface area contributed by atoms with Crippen LogP contribution in [0.5, 0.6) is 0 Å². The minimum absolute atomic E-state index is 0.0106. The number of carbonyl (C=O) groups excluding carboxylic acids is 1. The zero-order valence-electron chi connectivity index (χ0n) is 8.96. The number of piperidine rings is 1. The molecule has 1 aliphatic rings. The van der Waals surface area contributed by atoms with E-state index >= 15 is 0 Å². The molecule has 1 rings (SSSR count). The normalized spacial score (nSPS) is 28.5. The predicted octanol–water partition coefficient (Wildman–Crippen LogP) is 2.12. The highest BCUT2D eigenvalue weighted by atomic mass is 16.7. The van der Waals surface area contributed by atoms with Gasteiger partial charge in [0, 0.05) is 13.0 Å². The molecule has 0 bridgehead atoms. The van der Waals surface area contributed by atoms with Gasteiger partial charge >= 0.3 is 5.97 Å². The van der Waals surface area contributed by atoms with Crippen LogP contribution >= 0.6 is 0 Å². The second-order valence-corrected chi connectivity index (χ2v) is 4.46. The predicted molar refractivity (Wildman–Crippen MR) is 51.0 cm³/mol. The summed E-state index contributed by atoms with van der Waals surface area (Å²) in [5, 5.41) is 1.85. The summed E-state index contributed by atoms with van der Waals surface area (Å²) < 4.78 is 0. The molecule has 1 aliphatic heterocycles. The zero-order valence-corrected chi connectivity index (χ0v) is 8.96. The first-order valence-electron chi connectivity index (χ1n) is 4.91. The van der Waals surface area contributed by atoms with E-state index in [4.69, 9.17) is 4.84 Å². The van der Waals surface area contributed by atoms with Crippen LogP contribution in [-0.4, -0.2) is 22.6 Å². The lowest BCUT2D eigenvalue weighted by atomic mass is 9.89. The summed E-state index contributed by atoms with van der Waals surface area (Å²) in [4.78, 5) is 16.1. The van der Waals surface area contributed by atoms with Gasteiger partial charge in [-0.2, -0.15) is 0 Å². The van der Waals surface area contributed by atoms with E-state index in [2.05, 4.69) is 20.8 Å². The number of hydrogen-bond acceptors (Lipinski definition) is 3. The fraction of sp³-hybridized carbons (Fsp3) is 0.900. The van der Waals surface area contributed by atoms with Crippen LogP contribution in [0.15, 0.2) is 0 Å². The highest BCUT2D eigenvalue weighted by molar-refractivity contribution is 5.65. The fourth-order valence-electron chi connectivity index (χ4n) is 2.01. The standard InChI is InChI=1S/C10H19NO2/c1-8-6-5-7-10(3,4)11(8)13-9(2)12/h8H,5-7H2,1-4H3. The van der Waals surface area contributed by atoms with Crippen molar-refractivity contribution >= 4 is 5.97 Å². The Morgan fingerprint density at radius 2 is 2.15 bits per heavy atom. The monoisotopic (exact) mass is 185 g/mol. The van der Waals surface area contributed by atoms with Gasteiger partial charge in [0.2, 0.25) is 0 Å². The molecule has 1 saturated heterocycles. The molecule has 13 heavy (non-hydrogen) atoms. The molecule has 0 aromatic heterocycles. The average molecular weight is 185 g/mol. The Morgan fingerprint density at radius 1 is 1.54 bits per heavy atom. The molecule has 1 heterocycles. The molecule has 0 spiro atoms. The Bertz CT molecular complexity index is 201. The molecule has 1 fully saturated rings. The highest BCUT2D eigenvalue weighted by Crippen LogP contribution is 2.31. The van der Waals surface area contributed by atoms with Crippen molar-refractivity contribution in [2.75, 3.05) is 0 Å². The lowest BCUT2D eigenvalue weighted by Crippen LogP contribution is -2.52. The van der Waals surface area contributed by atoms with Crippen LogP contribution in [0.2, 0.25) is 0 Å². The third-order valence-electron chi connectivity index (χ3n) is 2.63. The van der Waals surface area contributed by atoms with Gasteiger partial charge in [-0.3, -0.25) is 4.79 Å². The summed E-state index contributed by atoms with van der Waals surface area (Å²) in [6, 6.07) is 0.340. The second-order valence-electron chi connectivity index (χ2n) is 4.46. The first-order valence-corrected chi connectivity index (χ1v) is 4.91. The summed E-state index contributed by atoms with van der Waals surface area (Å²) in [6.07, 6.45) is 3.41. The van der Waals surface area contributed by atoms with Crippen LogP contribution in [0.25, 0.3) is 0 Å². The Balaban J connectivity index is 2.68. The van der Waals surface area contributed by atoms with Gasteiger partial charge < -0.3 is 4.84 Å². The van der Waals surface area contributed by atoms with Crippen LogP contribution in [0, 0.1) is 0 Å². The molecule has 0 aliphatic carbocycles. The SMILES string of the molecule is CC(=O)ON1C(C)CCCC1(C)C. The van der Waals surface area contributed by atoms with Gasteiger partial charge in [-0.1, -0.05) is 0 Å². The average Bonchev–Trinajstić information content (AvgIpc) is 1.96. The van der Waals surface area contributed by atoms with Crippen LogP contribution in [0.3, 0.4) is 0 Å². The van der Waals surface area contributed by atoms with Gasteiger partial charge in [-0.25, -0.2) is 0 Å². The van der Waals surface area contributed by atoms with E-state index in [1.807, 2.05) is 5.06 Å². The van der Waals surface area contributed by atoms with E-state index in [1.54, 1.807) is 0 Å². The van der Waals surface area contributed by atoms with Gasteiger partial charge in [0.05, 0.1) is 5.54 Å². The maximum atomic E-state index is 10.9. The van der Waals surface area contributed by atoms with Crippen LogP contribution < -0.4 is 0 Å². The first-order chi connectivity index (χ1) is 5.93. The first kappa shape index (κ1) is 10.5. The van der Waals surface area contributed by atoms with Gasteiger partial charge in [0.15, 0.2) is 0 Å². The molecule has 3 nitrogen and oxygen atoms in total. The number of hydrogen-bond donors (Lipinski definition) is 0. The van der Waals surface area contributed by atoms with Crippen molar-refractivity contribution in [3.63, 3.8) is 0 Å². The minimum atomic E-state index is -0.221. The molecule has 1 unspecified atom stereocenters. The molecule has 0 N–H and O–H groups in total. The molecule has 0 radical (unpaired) electrons.